The Labute approximate surface area is 174 Å². The summed E-state index contributed by atoms with van der Waals surface area (Å²) in [7, 11) is 0. The summed E-state index contributed by atoms with van der Waals surface area (Å²) in [6.07, 6.45) is 1.72. The van der Waals surface area contributed by atoms with Gasteiger partial charge in [0.05, 0.1) is 0 Å². The van der Waals surface area contributed by atoms with Crippen molar-refractivity contribution in [1.29, 1.82) is 0 Å². The van der Waals surface area contributed by atoms with Gasteiger partial charge in [0.15, 0.2) is 0 Å². The highest BCUT2D eigenvalue weighted by molar-refractivity contribution is 5.84. The SMILES string of the molecule is Cc1cc(-c2noc(C(F)(F)F)n2)cnc1NC(=O)OCc1cnc2c(c1)CCCC2. The molecule has 31 heavy (non-hydrogen) atoms. The minimum absolute atomic E-state index is 0.0618. The van der Waals surface area contributed by atoms with Crippen LogP contribution in [0.3, 0.4) is 0 Å². The largest absolute Gasteiger partial charge is 0.471 e. The number of hydrogen-bond donors (Lipinski definition) is 1. The molecule has 3 heterocycles. The van der Waals surface area contributed by atoms with Gasteiger partial charge in [-0.15, -0.1) is 0 Å². The highest BCUT2D eigenvalue weighted by Crippen LogP contribution is 2.30. The normalized spacial score (nSPS) is 13.5. The number of hydrogen-bond acceptors (Lipinski definition) is 7. The number of pyridine rings is 2. The number of anilines is 1. The third kappa shape index (κ3) is 4.81. The average molecular weight is 433 g/mol. The van der Waals surface area contributed by atoms with E-state index in [2.05, 4.69) is 29.9 Å². The third-order valence-corrected chi connectivity index (χ3v) is 4.82. The van der Waals surface area contributed by atoms with E-state index in [9.17, 15) is 18.0 Å². The Morgan fingerprint density at radius 3 is 2.74 bits per heavy atom. The van der Waals surface area contributed by atoms with Crippen molar-refractivity contribution >= 4 is 11.9 Å². The van der Waals surface area contributed by atoms with E-state index in [-0.39, 0.29) is 23.8 Å². The Morgan fingerprint density at radius 2 is 2.00 bits per heavy atom. The third-order valence-electron chi connectivity index (χ3n) is 4.82. The Morgan fingerprint density at radius 1 is 1.19 bits per heavy atom. The van der Waals surface area contributed by atoms with Crippen LogP contribution in [0, 0.1) is 6.92 Å². The number of nitrogens with one attached hydrogen (secondary N) is 1. The molecule has 162 valence electrons. The van der Waals surface area contributed by atoms with Crippen molar-refractivity contribution in [1.82, 2.24) is 20.1 Å². The van der Waals surface area contributed by atoms with Gasteiger partial charge in [-0.2, -0.15) is 18.2 Å². The summed E-state index contributed by atoms with van der Waals surface area (Å²) in [6, 6.07) is 3.49. The van der Waals surface area contributed by atoms with Crippen molar-refractivity contribution in [3.05, 3.63) is 52.8 Å². The highest BCUT2D eigenvalue weighted by Gasteiger charge is 2.38. The number of nitrogens with zero attached hydrogens (tertiary/aromatic N) is 4. The van der Waals surface area contributed by atoms with E-state index in [1.807, 2.05) is 6.07 Å². The monoisotopic (exact) mass is 433 g/mol. The molecule has 3 aromatic rings. The van der Waals surface area contributed by atoms with E-state index in [0.29, 0.717) is 5.56 Å². The summed E-state index contributed by atoms with van der Waals surface area (Å²) in [6.45, 7) is 1.69. The maximum Gasteiger partial charge on any atom is 0.471 e. The molecular formula is C20H18F3N5O3. The summed E-state index contributed by atoms with van der Waals surface area (Å²) in [5.74, 6) is -1.49. The lowest BCUT2D eigenvalue weighted by Gasteiger charge is -2.15. The molecule has 1 aliphatic carbocycles. The second-order valence-corrected chi connectivity index (χ2v) is 7.17. The Balaban J connectivity index is 1.38. The van der Waals surface area contributed by atoms with Gasteiger partial charge < -0.3 is 9.26 Å². The molecule has 0 bridgehead atoms. The van der Waals surface area contributed by atoms with Gasteiger partial charge in [0.25, 0.3) is 0 Å². The zero-order chi connectivity index (χ0) is 22.0. The van der Waals surface area contributed by atoms with Crippen LogP contribution in [0.1, 0.15) is 41.1 Å². The number of halogens is 3. The van der Waals surface area contributed by atoms with E-state index in [1.165, 1.54) is 17.8 Å². The van der Waals surface area contributed by atoms with Gasteiger partial charge in [0, 0.05) is 29.2 Å². The van der Waals surface area contributed by atoms with Crippen LogP contribution in [-0.2, 0) is 30.4 Å². The Bertz CT molecular complexity index is 1110. The first kappa shape index (κ1) is 20.8. The molecule has 0 fully saturated rings. The molecule has 0 spiro atoms. The Kier molecular flexibility index (Phi) is 5.57. The molecule has 8 nitrogen and oxygen atoms in total. The second-order valence-electron chi connectivity index (χ2n) is 7.17. The number of ether oxygens (including phenoxy) is 1. The molecule has 0 radical (unpaired) electrons. The molecule has 0 saturated carbocycles. The molecule has 4 rings (SSSR count). The predicted octanol–water partition coefficient (Wildman–Crippen LogP) is 4.48. The Hall–Kier alpha value is -3.50. The zero-order valence-electron chi connectivity index (χ0n) is 16.5. The van der Waals surface area contributed by atoms with E-state index >= 15 is 0 Å². The molecule has 0 unspecified atom stereocenters. The van der Waals surface area contributed by atoms with Crippen LogP contribution in [0.5, 0.6) is 0 Å². The second kappa shape index (κ2) is 8.32. The quantitative estimate of drug-likeness (QED) is 0.647. The maximum absolute atomic E-state index is 12.6. The predicted molar refractivity (Wildman–Crippen MR) is 102 cm³/mol. The molecule has 1 N–H and O–H groups in total. The molecule has 0 saturated heterocycles. The number of carbonyl (C=O) groups is 1. The molecule has 0 aliphatic heterocycles. The molecule has 1 aliphatic rings. The summed E-state index contributed by atoms with van der Waals surface area (Å²) in [5.41, 5.74) is 3.80. The fourth-order valence-electron chi connectivity index (χ4n) is 3.28. The van der Waals surface area contributed by atoms with Crippen molar-refractivity contribution in [2.75, 3.05) is 5.32 Å². The molecule has 0 atom stereocenters. The number of fused-ring (bicyclic) bond motifs is 1. The first-order valence-corrected chi connectivity index (χ1v) is 9.58. The molecule has 3 aromatic heterocycles. The zero-order valence-corrected chi connectivity index (χ0v) is 16.5. The van der Waals surface area contributed by atoms with E-state index < -0.39 is 18.2 Å². The van der Waals surface area contributed by atoms with Crippen LogP contribution in [0.15, 0.2) is 29.0 Å². The van der Waals surface area contributed by atoms with Crippen LogP contribution in [0.25, 0.3) is 11.4 Å². The number of rotatable bonds is 4. The van der Waals surface area contributed by atoms with Crippen LogP contribution in [0.2, 0.25) is 0 Å². The van der Waals surface area contributed by atoms with Gasteiger partial charge >= 0.3 is 18.2 Å². The molecule has 11 heteroatoms. The first-order chi connectivity index (χ1) is 14.8. The van der Waals surface area contributed by atoms with E-state index in [0.717, 1.165) is 36.9 Å². The van der Waals surface area contributed by atoms with Crippen LogP contribution in [-0.4, -0.2) is 26.2 Å². The highest BCUT2D eigenvalue weighted by atomic mass is 19.4. The van der Waals surface area contributed by atoms with E-state index in [1.54, 1.807) is 13.1 Å². The summed E-state index contributed by atoms with van der Waals surface area (Å²) in [5, 5.41) is 5.83. The number of alkyl halides is 3. The van der Waals surface area contributed by atoms with Crippen molar-refractivity contribution in [2.24, 2.45) is 0 Å². The van der Waals surface area contributed by atoms with Gasteiger partial charge in [0.1, 0.15) is 12.4 Å². The number of aromatic nitrogens is 4. The van der Waals surface area contributed by atoms with Gasteiger partial charge in [-0.1, -0.05) is 5.16 Å². The van der Waals surface area contributed by atoms with Crippen molar-refractivity contribution in [3.8, 4) is 11.4 Å². The number of carbonyl (C=O) groups excluding carboxylic acids is 1. The minimum atomic E-state index is -4.73. The maximum atomic E-state index is 12.6. The fourth-order valence-corrected chi connectivity index (χ4v) is 3.28. The molecule has 0 aromatic carbocycles. The molecule has 1 amide bonds. The lowest BCUT2D eigenvalue weighted by molar-refractivity contribution is -0.159. The standard InChI is InChI=1S/C20H18F3N5O3/c1-11-6-14(17-26-18(31-28-17)20(21,22)23)9-25-16(11)27-19(29)30-10-12-7-13-4-2-3-5-15(13)24-8-12/h6-9H,2-5,10H2,1H3,(H,25,27,29). The summed E-state index contributed by atoms with van der Waals surface area (Å²) >= 11 is 0. The topological polar surface area (TPSA) is 103 Å². The smallest absolute Gasteiger partial charge is 0.444 e. The van der Waals surface area contributed by atoms with Crippen LogP contribution in [0.4, 0.5) is 23.8 Å². The van der Waals surface area contributed by atoms with Gasteiger partial charge in [0.2, 0.25) is 5.82 Å². The first-order valence-electron chi connectivity index (χ1n) is 9.58. The van der Waals surface area contributed by atoms with Gasteiger partial charge in [-0.25, -0.2) is 9.78 Å². The van der Waals surface area contributed by atoms with Crippen molar-refractivity contribution in [2.45, 2.75) is 45.4 Å². The number of amides is 1. The van der Waals surface area contributed by atoms with Gasteiger partial charge in [-0.05, 0) is 55.9 Å². The van der Waals surface area contributed by atoms with E-state index in [4.69, 9.17) is 4.74 Å². The van der Waals surface area contributed by atoms with Crippen molar-refractivity contribution < 1.29 is 27.2 Å². The van der Waals surface area contributed by atoms with Crippen LogP contribution < -0.4 is 5.32 Å². The average Bonchev–Trinajstić information content (AvgIpc) is 3.24. The molecular weight excluding hydrogens is 415 g/mol. The van der Waals surface area contributed by atoms with Crippen molar-refractivity contribution in [3.63, 3.8) is 0 Å². The summed E-state index contributed by atoms with van der Waals surface area (Å²) in [4.78, 5) is 23.9. The summed E-state index contributed by atoms with van der Waals surface area (Å²) < 4.78 is 47.3. The minimum Gasteiger partial charge on any atom is -0.444 e. The van der Waals surface area contributed by atoms with Crippen LogP contribution >= 0.6 is 0 Å². The number of aryl methyl sites for hydroxylation is 3. The van der Waals surface area contributed by atoms with Gasteiger partial charge in [-0.3, -0.25) is 10.3 Å². The lowest BCUT2D eigenvalue weighted by Crippen LogP contribution is -2.16. The lowest BCUT2D eigenvalue weighted by atomic mass is 9.95. The fraction of sp³-hybridized carbons (Fsp3) is 0.350.